The zero-order valence-electron chi connectivity index (χ0n) is 11.5. The number of amides is 1. The summed E-state index contributed by atoms with van der Waals surface area (Å²) < 4.78 is 5.20. The maximum Gasteiger partial charge on any atom is 0.223 e. The second kappa shape index (κ2) is 10.8. The molecule has 0 aliphatic carbocycles. The van der Waals surface area contributed by atoms with E-state index in [-0.39, 0.29) is 5.91 Å². The number of ether oxygens (including phenoxy) is 1. The second-order valence-corrected chi connectivity index (χ2v) is 3.89. The first-order valence-electron chi connectivity index (χ1n) is 6.14. The van der Waals surface area contributed by atoms with Gasteiger partial charge in [0.1, 0.15) is 0 Å². The fraction of sp³-hybridized carbons (Fsp3) is 0.818. The van der Waals surface area contributed by atoms with Gasteiger partial charge in [-0.15, -0.1) is 0 Å². The zero-order chi connectivity index (χ0) is 13.8. The van der Waals surface area contributed by atoms with Crippen molar-refractivity contribution in [3.05, 3.63) is 0 Å². The lowest BCUT2D eigenvalue weighted by molar-refractivity contribution is -0.128. The molecule has 0 atom stereocenters. The van der Waals surface area contributed by atoms with E-state index < -0.39 is 0 Å². The summed E-state index contributed by atoms with van der Waals surface area (Å²) in [6.45, 7) is 4.51. The van der Waals surface area contributed by atoms with Gasteiger partial charge in [0.15, 0.2) is 0 Å². The minimum Gasteiger partial charge on any atom is -0.382 e. The van der Waals surface area contributed by atoms with Crippen LogP contribution in [0.1, 0.15) is 19.8 Å². The number of hydrogen-bond donors (Lipinski definition) is 3. The summed E-state index contributed by atoms with van der Waals surface area (Å²) in [4.78, 5) is 17.1. The number of hydrogen-bond acceptors (Lipinski definition) is 4. The zero-order valence-corrected chi connectivity index (χ0v) is 11.5. The van der Waals surface area contributed by atoms with Crippen LogP contribution in [0.2, 0.25) is 0 Å². The monoisotopic (exact) mass is 259 g/mol. The molecule has 0 bridgehead atoms. The minimum atomic E-state index is 0.0650. The molecule has 7 nitrogen and oxygen atoms in total. The Kier molecular flexibility index (Phi) is 9.99. The van der Waals surface area contributed by atoms with Gasteiger partial charge in [-0.2, -0.15) is 0 Å². The van der Waals surface area contributed by atoms with Crippen molar-refractivity contribution in [3.63, 3.8) is 0 Å². The topological polar surface area (TPSA) is 92.0 Å². The number of aliphatic imine (C=N–C) groups is 1. The van der Waals surface area contributed by atoms with E-state index >= 15 is 0 Å². The van der Waals surface area contributed by atoms with Crippen LogP contribution in [0.3, 0.4) is 0 Å². The highest BCUT2D eigenvalue weighted by Gasteiger charge is 2.03. The van der Waals surface area contributed by atoms with Crippen LogP contribution >= 0.6 is 0 Å². The molecule has 0 aromatic carbocycles. The second-order valence-electron chi connectivity index (χ2n) is 3.89. The Bertz CT molecular complexity index is 256. The highest BCUT2D eigenvalue weighted by Crippen LogP contribution is 1.86. The van der Waals surface area contributed by atoms with Crippen molar-refractivity contribution in [2.45, 2.75) is 19.8 Å². The lowest BCUT2D eigenvalue weighted by atomic mass is 10.4. The van der Waals surface area contributed by atoms with Crippen molar-refractivity contribution in [2.24, 2.45) is 10.8 Å². The van der Waals surface area contributed by atoms with Gasteiger partial charge in [0.05, 0.1) is 0 Å². The summed E-state index contributed by atoms with van der Waals surface area (Å²) in [5.74, 6) is 5.88. The Morgan fingerprint density at radius 1 is 1.44 bits per heavy atom. The molecule has 0 saturated heterocycles. The van der Waals surface area contributed by atoms with Gasteiger partial charge in [-0.05, 0) is 13.3 Å². The summed E-state index contributed by atoms with van der Waals surface area (Å²) in [5, 5.41) is 2.97. The highest BCUT2D eigenvalue weighted by atomic mass is 16.5. The average molecular weight is 259 g/mol. The van der Waals surface area contributed by atoms with Crippen molar-refractivity contribution in [2.75, 3.05) is 40.4 Å². The fourth-order valence-corrected chi connectivity index (χ4v) is 1.17. The number of nitrogens with two attached hydrogens (primary N) is 1. The molecule has 0 aromatic rings. The Morgan fingerprint density at radius 2 is 2.17 bits per heavy atom. The average Bonchev–Trinajstić information content (AvgIpc) is 2.36. The lowest BCUT2D eigenvalue weighted by Crippen LogP contribution is -2.43. The first-order valence-corrected chi connectivity index (χ1v) is 6.14. The van der Waals surface area contributed by atoms with Crippen LogP contribution in [-0.2, 0) is 9.53 Å². The quantitative estimate of drug-likeness (QED) is 0.176. The molecule has 1 amide bonds. The number of carbonyl (C=O) groups is 1. The maximum absolute atomic E-state index is 11.3. The normalized spacial score (nSPS) is 11.2. The Labute approximate surface area is 109 Å². The molecule has 0 aromatic heterocycles. The molecule has 0 aliphatic rings. The number of hydrazine groups is 1. The minimum absolute atomic E-state index is 0.0650. The summed E-state index contributed by atoms with van der Waals surface area (Å²) in [7, 11) is 3.46. The molecule has 106 valence electrons. The first kappa shape index (κ1) is 16.7. The van der Waals surface area contributed by atoms with Gasteiger partial charge in [0.2, 0.25) is 11.9 Å². The third-order valence-corrected chi connectivity index (χ3v) is 2.19. The van der Waals surface area contributed by atoms with Gasteiger partial charge in [-0.25, -0.2) is 5.84 Å². The van der Waals surface area contributed by atoms with E-state index in [9.17, 15) is 4.79 Å². The molecule has 0 spiro atoms. The summed E-state index contributed by atoms with van der Waals surface area (Å²) in [6.07, 6.45) is 1.25. The van der Waals surface area contributed by atoms with E-state index in [1.54, 1.807) is 19.0 Å². The van der Waals surface area contributed by atoms with E-state index in [1.165, 1.54) is 0 Å². The smallest absolute Gasteiger partial charge is 0.223 e. The van der Waals surface area contributed by atoms with Gasteiger partial charge in [0.25, 0.3) is 0 Å². The van der Waals surface area contributed by atoms with E-state index in [0.717, 1.165) is 13.0 Å². The van der Waals surface area contributed by atoms with Crippen molar-refractivity contribution in [1.82, 2.24) is 15.6 Å². The largest absolute Gasteiger partial charge is 0.382 e. The fourth-order valence-electron chi connectivity index (χ4n) is 1.17. The third-order valence-electron chi connectivity index (χ3n) is 2.19. The van der Waals surface area contributed by atoms with Crippen LogP contribution in [0.4, 0.5) is 0 Å². The third kappa shape index (κ3) is 8.77. The van der Waals surface area contributed by atoms with Gasteiger partial charge in [-0.1, -0.05) is 0 Å². The van der Waals surface area contributed by atoms with Gasteiger partial charge in [-0.3, -0.25) is 15.2 Å². The summed E-state index contributed by atoms with van der Waals surface area (Å²) >= 11 is 0. The van der Waals surface area contributed by atoms with Crippen molar-refractivity contribution in [1.29, 1.82) is 0 Å². The molecular weight excluding hydrogens is 234 g/mol. The SMILES string of the molecule is CCOCCCN=C(NN)NCCC(=O)N(C)C. The van der Waals surface area contributed by atoms with Crippen LogP contribution < -0.4 is 16.6 Å². The first-order chi connectivity index (χ1) is 8.61. The van der Waals surface area contributed by atoms with Crippen LogP contribution in [0, 0.1) is 0 Å². The lowest BCUT2D eigenvalue weighted by Gasteiger charge is -2.12. The maximum atomic E-state index is 11.3. The van der Waals surface area contributed by atoms with Crippen LogP contribution in [0.5, 0.6) is 0 Å². The predicted molar refractivity (Wildman–Crippen MR) is 72.0 cm³/mol. The molecule has 0 fully saturated rings. The van der Waals surface area contributed by atoms with Gasteiger partial charge >= 0.3 is 0 Å². The van der Waals surface area contributed by atoms with Crippen molar-refractivity contribution in [3.8, 4) is 0 Å². The molecule has 18 heavy (non-hydrogen) atoms. The Hall–Kier alpha value is -1.34. The van der Waals surface area contributed by atoms with E-state index in [2.05, 4.69) is 15.7 Å². The summed E-state index contributed by atoms with van der Waals surface area (Å²) in [5.41, 5.74) is 2.47. The number of nitrogens with one attached hydrogen (secondary N) is 2. The summed E-state index contributed by atoms with van der Waals surface area (Å²) in [6, 6.07) is 0. The standard InChI is InChI=1S/C11H25N5O2/c1-4-18-9-5-7-13-11(15-12)14-8-6-10(17)16(2)3/h4-9,12H2,1-3H3,(H2,13,14,15). The van der Waals surface area contributed by atoms with Crippen molar-refractivity contribution < 1.29 is 9.53 Å². The number of rotatable bonds is 8. The van der Waals surface area contributed by atoms with Crippen LogP contribution in [-0.4, -0.2) is 57.2 Å². The van der Waals surface area contributed by atoms with E-state index in [4.69, 9.17) is 10.6 Å². The highest BCUT2D eigenvalue weighted by molar-refractivity contribution is 5.80. The number of guanidine groups is 1. The van der Waals surface area contributed by atoms with Crippen molar-refractivity contribution >= 4 is 11.9 Å². The number of nitrogens with zero attached hydrogens (tertiary/aromatic N) is 2. The van der Waals surface area contributed by atoms with E-state index in [0.29, 0.717) is 32.1 Å². The van der Waals surface area contributed by atoms with Gasteiger partial charge in [0, 0.05) is 46.8 Å². The molecular formula is C11H25N5O2. The Morgan fingerprint density at radius 3 is 2.72 bits per heavy atom. The van der Waals surface area contributed by atoms with Crippen LogP contribution in [0.15, 0.2) is 4.99 Å². The molecule has 0 aliphatic heterocycles. The molecule has 0 radical (unpaired) electrons. The molecule has 0 unspecified atom stereocenters. The molecule has 7 heteroatoms. The van der Waals surface area contributed by atoms with Crippen LogP contribution in [0.25, 0.3) is 0 Å². The molecule has 4 N–H and O–H groups in total. The molecule has 0 heterocycles. The molecule has 0 rings (SSSR count). The van der Waals surface area contributed by atoms with E-state index in [1.807, 2.05) is 6.92 Å². The molecule has 0 saturated carbocycles. The Balaban J connectivity index is 3.75. The number of carbonyl (C=O) groups excluding carboxylic acids is 1. The predicted octanol–water partition coefficient (Wildman–Crippen LogP) is -0.700. The van der Waals surface area contributed by atoms with Gasteiger partial charge < -0.3 is 15.0 Å².